The van der Waals surface area contributed by atoms with Gasteiger partial charge in [-0.15, -0.1) is 0 Å². The van der Waals surface area contributed by atoms with Crippen LogP contribution in [0, 0.1) is 11.8 Å². The number of allylic oxidation sites excluding steroid dienone is 3. The predicted molar refractivity (Wildman–Crippen MR) is 76.7 cm³/mol. The second-order valence-electron chi connectivity index (χ2n) is 6.11. The summed E-state index contributed by atoms with van der Waals surface area (Å²) in [7, 11) is 0. The summed E-state index contributed by atoms with van der Waals surface area (Å²) in [4.78, 5) is 12.1. The first kappa shape index (κ1) is 14.3. The van der Waals surface area contributed by atoms with Gasteiger partial charge in [0.2, 0.25) is 0 Å². The maximum Gasteiger partial charge on any atom is 0.326 e. The zero-order valence-electron chi connectivity index (χ0n) is 12.2. The second kappa shape index (κ2) is 5.91. The highest BCUT2D eigenvalue weighted by atomic mass is 16.5. The van der Waals surface area contributed by atoms with Crippen LogP contribution in [0.3, 0.4) is 0 Å². The third kappa shape index (κ3) is 3.27. The lowest BCUT2D eigenvalue weighted by Crippen LogP contribution is -2.62. The number of hydrogen-bond acceptors (Lipinski definition) is 3. The van der Waals surface area contributed by atoms with Crippen LogP contribution in [0.25, 0.3) is 0 Å². The molecule has 4 atom stereocenters. The Morgan fingerprint density at radius 3 is 2.95 bits per heavy atom. The number of nitrogens with one attached hydrogen (secondary N) is 1. The molecule has 1 aliphatic heterocycles. The number of cyclic esters (lactones) is 1. The van der Waals surface area contributed by atoms with E-state index in [2.05, 4.69) is 43.5 Å². The SMILES string of the molecule is CC[C@H](C)C[C@]1(C)N[C@@H](C2C=CC=CC2)COC1=O. The van der Waals surface area contributed by atoms with E-state index in [-0.39, 0.29) is 12.0 Å². The fraction of sp³-hybridized carbons (Fsp3) is 0.688. The first-order valence-corrected chi connectivity index (χ1v) is 7.33. The van der Waals surface area contributed by atoms with E-state index in [4.69, 9.17) is 4.74 Å². The fourth-order valence-electron chi connectivity index (χ4n) is 2.95. The number of carbonyl (C=O) groups is 1. The van der Waals surface area contributed by atoms with Gasteiger partial charge in [-0.05, 0) is 31.6 Å². The lowest BCUT2D eigenvalue weighted by atomic mass is 9.84. The molecule has 0 radical (unpaired) electrons. The van der Waals surface area contributed by atoms with Crippen LogP contribution >= 0.6 is 0 Å². The van der Waals surface area contributed by atoms with Crippen LogP contribution in [-0.2, 0) is 9.53 Å². The second-order valence-corrected chi connectivity index (χ2v) is 6.11. The van der Waals surface area contributed by atoms with Crippen molar-refractivity contribution in [3.05, 3.63) is 24.3 Å². The Hall–Kier alpha value is -1.09. The maximum atomic E-state index is 12.1. The van der Waals surface area contributed by atoms with Gasteiger partial charge in [0.25, 0.3) is 0 Å². The summed E-state index contributed by atoms with van der Waals surface area (Å²) in [6.45, 7) is 6.81. The first-order valence-electron chi connectivity index (χ1n) is 7.33. The van der Waals surface area contributed by atoms with Gasteiger partial charge in [-0.1, -0.05) is 44.6 Å². The minimum absolute atomic E-state index is 0.0978. The normalized spacial score (nSPS) is 36.1. The van der Waals surface area contributed by atoms with Gasteiger partial charge in [0.05, 0.1) is 0 Å². The van der Waals surface area contributed by atoms with Crippen molar-refractivity contribution >= 4 is 5.97 Å². The Kier molecular flexibility index (Phi) is 4.46. The fourth-order valence-corrected chi connectivity index (χ4v) is 2.95. The van der Waals surface area contributed by atoms with Crippen molar-refractivity contribution < 1.29 is 9.53 Å². The summed E-state index contributed by atoms with van der Waals surface area (Å²) >= 11 is 0. The Bertz CT molecular complexity index is 388. The number of esters is 1. The lowest BCUT2D eigenvalue weighted by molar-refractivity contribution is -0.160. The number of morpholine rings is 1. The summed E-state index contributed by atoms with van der Waals surface area (Å²) in [5.74, 6) is 0.847. The molecule has 2 aliphatic rings. The van der Waals surface area contributed by atoms with Gasteiger partial charge in [0, 0.05) is 6.04 Å². The molecule has 3 nitrogen and oxygen atoms in total. The highest BCUT2D eigenvalue weighted by Crippen LogP contribution is 2.28. The summed E-state index contributed by atoms with van der Waals surface area (Å²) in [6, 6.07) is 0.230. The monoisotopic (exact) mass is 263 g/mol. The van der Waals surface area contributed by atoms with E-state index in [1.807, 2.05) is 6.92 Å². The molecular formula is C16H25NO2. The van der Waals surface area contributed by atoms with Crippen LogP contribution in [0.4, 0.5) is 0 Å². The molecule has 1 heterocycles. The molecule has 0 aromatic carbocycles. The molecule has 0 spiro atoms. The van der Waals surface area contributed by atoms with Gasteiger partial charge in [-0.25, -0.2) is 0 Å². The smallest absolute Gasteiger partial charge is 0.326 e. The first-order chi connectivity index (χ1) is 9.05. The minimum atomic E-state index is -0.534. The predicted octanol–water partition coefficient (Wildman–Crippen LogP) is 2.83. The summed E-state index contributed by atoms with van der Waals surface area (Å²) < 4.78 is 5.45. The van der Waals surface area contributed by atoms with Crippen molar-refractivity contribution in [1.82, 2.24) is 5.32 Å². The van der Waals surface area contributed by atoms with Gasteiger partial charge >= 0.3 is 5.97 Å². The molecular weight excluding hydrogens is 238 g/mol. The third-order valence-corrected chi connectivity index (χ3v) is 4.33. The Morgan fingerprint density at radius 1 is 1.53 bits per heavy atom. The molecule has 19 heavy (non-hydrogen) atoms. The van der Waals surface area contributed by atoms with E-state index in [9.17, 15) is 4.79 Å². The maximum absolute atomic E-state index is 12.1. The van der Waals surface area contributed by atoms with Crippen molar-refractivity contribution in [1.29, 1.82) is 0 Å². The van der Waals surface area contributed by atoms with Gasteiger partial charge in [0.15, 0.2) is 0 Å². The molecule has 3 heteroatoms. The topological polar surface area (TPSA) is 38.3 Å². The van der Waals surface area contributed by atoms with Crippen molar-refractivity contribution in [3.8, 4) is 0 Å². The minimum Gasteiger partial charge on any atom is -0.463 e. The molecule has 1 saturated heterocycles. The molecule has 1 fully saturated rings. The molecule has 0 saturated carbocycles. The lowest BCUT2D eigenvalue weighted by Gasteiger charge is -2.41. The van der Waals surface area contributed by atoms with E-state index in [1.54, 1.807) is 0 Å². The van der Waals surface area contributed by atoms with Crippen LogP contribution in [0.5, 0.6) is 0 Å². The number of ether oxygens (including phenoxy) is 1. The molecule has 1 unspecified atom stereocenters. The van der Waals surface area contributed by atoms with E-state index in [0.717, 1.165) is 19.3 Å². The van der Waals surface area contributed by atoms with Gasteiger partial charge in [-0.2, -0.15) is 0 Å². The molecule has 0 aromatic rings. The van der Waals surface area contributed by atoms with Gasteiger partial charge in [0.1, 0.15) is 12.1 Å². The largest absolute Gasteiger partial charge is 0.463 e. The molecule has 1 aliphatic carbocycles. The van der Waals surface area contributed by atoms with Crippen LogP contribution in [0.15, 0.2) is 24.3 Å². The third-order valence-electron chi connectivity index (χ3n) is 4.33. The van der Waals surface area contributed by atoms with Gasteiger partial charge in [-0.3, -0.25) is 10.1 Å². The van der Waals surface area contributed by atoms with Crippen LogP contribution in [-0.4, -0.2) is 24.2 Å². The molecule has 2 rings (SSSR count). The Balaban J connectivity index is 2.04. The van der Waals surface area contributed by atoms with E-state index < -0.39 is 5.54 Å². The van der Waals surface area contributed by atoms with E-state index in [0.29, 0.717) is 18.4 Å². The number of hydrogen-bond donors (Lipinski definition) is 1. The number of rotatable bonds is 4. The highest BCUT2D eigenvalue weighted by Gasteiger charge is 2.43. The summed E-state index contributed by atoms with van der Waals surface area (Å²) in [5.41, 5.74) is -0.534. The summed E-state index contributed by atoms with van der Waals surface area (Å²) in [5, 5.41) is 3.55. The quantitative estimate of drug-likeness (QED) is 0.793. The molecule has 0 aromatic heterocycles. The van der Waals surface area contributed by atoms with Crippen molar-refractivity contribution in [2.45, 2.75) is 51.6 Å². The zero-order chi connectivity index (χ0) is 13.9. The van der Waals surface area contributed by atoms with Crippen LogP contribution in [0.2, 0.25) is 0 Å². The Morgan fingerprint density at radius 2 is 2.32 bits per heavy atom. The average molecular weight is 263 g/mol. The van der Waals surface area contributed by atoms with Crippen LogP contribution < -0.4 is 5.32 Å². The molecule has 0 amide bonds. The van der Waals surface area contributed by atoms with E-state index >= 15 is 0 Å². The number of carbonyl (C=O) groups excluding carboxylic acids is 1. The Labute approximate surface area is 116 Å². The zero-order valence-corrected chi connectivity index (χ0v) is 12.2. The standard InChI is InChI=1S/C16H25NO2/c1-4-12(2)10-16(3)15(18)19-11-14(17-16)13-8-6-5-7-9-13/h5-8,12-14,17H,4,9-11H2,1-3H3/t12-,13?,14+,16-/m0/s1. The van der Waals surface area contributed by atoms with Crippen LogP contribution in [0.1, 0.15) is 40.0 Å². The van der Waals surface area contributed by atoms with Crippen molar-refractivity contribution in [3.63, 3.8) is 0 Å². The van der Waals surface area contributed by atoms with E-state index in [1.165, 1.54) is 0 Å². The summed E-state index contributed by atoms with van der Waals surface area (Å²) in [6.07, 6.45) is 11.5. The molecule has 106 valence electrons. The molecule has 0 bridgehead atoms. The van der Waals surface area contributed by atoms with Gasteiger partial charge < -0.3 is 4.74 Å². The highest BCUT2D eigenvalue weighted by molar-refractivity contribution is 5.81. The van der Waals surface area contributed by atoms with Crippen molar-refractivity contribution in [2.75, 3.05) is 6.61 Å². The van der Waals surface area contributed by atoms with Crippen molar-refractivity contribution in [2.24, 2.45) is 11.8 Å². The molecule has 1 N–H and O–H groups in total. The average Bonchev–Trinajstić information content (AvgIpc) is 2.43.